The summed E-state index contributed by atoms with van der Waals surface area (Å²) in [5.74, 6) is 0. The number of sulfonamides is 1. The van der Waals surface area contributed by atoms with Crippen molar-refractivity contribution in [1.29, 1.82) is 0 Å². The van der Waals surface area contributed by atoms with Crippen molar-refractivity contribution in [3.8, 4) is 0 Å². The molecule has 0 saturated heterocycles. The molecule has 2 rings (SSSR count). The first-order valence-electron chi connectivity index (χ1n) is 7.24. The molecule has 4 nitrogen and oxygen atoms in total. The molecule has 120 valence electrons. The Kier molecular flexibility index (Phi) is 5.34. The average Bonchev–Trinajstić information content (AvgIpc) is 2.50. The predicted molar refractivity (Wildman–Crippen MR) is 94.8 cm³/mol. The van der Waals surface area contributed by atoms with E-state index >= 15 is 0 Å². The van der Waals surface area contributed by atoms with Crippen LogP contribution in [-0.4, -0.2) is 14.6 Å². The van der Waals surface area contributed by atoms with Gasteiger partial charge in [-0.05, 0) is 49.1 Å². The van der Waals surface area contributed by atoms with Gasteiger partial charge in [0.15, 0.2) is 0 Å². The molecule has 0 aromatic heterocycles. The van der Waals surface area contributed by atoms with E-state index in [1.165, 1.54) is 6.21 Å². The first kappa shape index (κ1) is 17.0. The van der Waals surface area contributed by atoms with Crippen molar-refractivity contribution in [3.05, 3.63) is 70.8 Å². The fraction of sp³-hybridized carbons (Fsp3) is 0.167. The number of allylic oxidation sites excluding steroid dienone is 1. The Balaban J connectivity index is 2.13. The summed E-state index contributed by atoms with van der Waals surface area (Å²) in [5, 5.41) is 3.86. The van der Waals surface area contributed by atoms with Crippen LogP contribution in [0, 0.1) is 13.8 Å². The summed E-state index contributed by atoms with van der Waals surface area (Å²) in [7, 11) is -3.66. The lowest BCUT2D eigenvalue weighted by atomic mass is 10.1. The Morgan fingerprint density at radius 1 is 1.09 bits per heavy atom. The molecule has 1 N–H and O–H groups in total. The zero-order valence-corrected chi connectivity index (χ0v) is 14.3. The summed E-state index contributed by atoms with van der Waals surface area (Å²) in [5.41, 5.74) is 3.46. The van der Waals surface area contributed by atoms with Crippen LogP contribution in [0.2, 0.25) is 0 Å². The Labute approximate surface area is 137 Å². The zero-order valence-electron chi connectivity index (χ0n) is 13.4. The van der Waals surface area contributed by atoms with Gasteiger partial charge in [0.05, 0.1) is 11.1 Å². The van der Waals surface area contributed by atoms with E-state index in [0.29, 0.717) is 5.56 Å². The van der Waals surface area contributed by atoms with Crippen LogP contribution >= 0.6 is 0 Å². The summed E-state index contributed by atoms with van der Waals surface area (Å²) in [4.78, 5) is 2.51. The Hall–Kier alpha value is -2.40. The molecule has 0 aliphatic carbocycles. The van der Waals surface area contributed by atoms with Crippen LogP contribution in [0.1, 0.15) is 23.6 Å². The molecule has 23 heavy (non-hydrogen) atoms. The van der Waals surface area contributed by atoms with Gasteiger partial charge in [-0.15, -0.1) is 0 Å². The van der Waals surface area contributed by atoms with Crippen LogP contribution in [0.3, 0.4) is 0 Å². The molecule has 0 heterocycles. The number of aryl methyl sites for hydroxylation is 2. The molecule has 0 unspecified atom stereocenters. The van der Waals surface area contributed by atoms with Crippen LogP contribution in [-0.2, 0) is 10.0 Å². The molecular weight excluding hydrogens is 308 g/mol. The zero-order chi connectivity index (χ0) is 16.9. The summed E-state index contributed by atoms with van der Waals surface area (Å²) < 4.78 is 24.6. The SMILES string of the molecule is CC(=C/c1ccccc1)/C=N/NS(=O)(=O)c1cc(C)ccc1C. The molecule has 0 atom stereocenters. The van der Waals surface area contributed by atoms with Gasteiger partial charge in [-0.3, -0.25) is 0 Å². The number of rotatable bonds is 5. The first-order valence-corrected chi connectivity index (χ1v) is 8.72. The molecule has 5 heteroatoms. The summed E-state index contributed by atoms with van der Waals surface area (Å²) in [6, 6.07) is 15.1. The number of nitrogens with one attached hydrogen (secondary N) is 1. The van der Waals surface area contributed by atoms with E-state index in [-0.39, 0.29) is 4.90 Å². The number of hydrogen-bond acceptors (Lipinski definition) is 3. The third kappa shape index (κ3) is 4.79. The summed E-state index contributed by atoms with van der Waals surface area (Å²) in [6.45, 7) is 5.48. The van der Waals surface area contributed by atoms with Gasteiger partial charge in [0.1, 0.15) is 0 Å². The van der Waals surface area contributed by atoms with E-state index in [9.17, 15) is 8.42 Å². The van der Waals surface area contributed by atoms with Crippen LogP contribution in [0.4, 0.5) is 0 Å². The maximum absolute atomic E-state index is 12.3. The molecular formula is C18H20N2O2S. The standard InChI is InChI=1S/C18H20N2O2S/c1-14-9-10-16(3)18(12-14)23(21,22)20-19-13-15(2)11-17-7-5-4-6-8-17/h4-13,20H,1-3H3/b15-11-,19-13+. The van der Waals surface area contributed by atoms with Gasteiger partial charge in [-0.1, -0.05) is 48.5 Å². The van der Waals surface area contributed by atoms with Gasteiger partial charge in [-0.25, -0.2) is 4.83 Å². The van der Waals surface area contributed by atoms with Crippen molar-refractivity contribution >= 4 is 22.3 Å². The second kappa shape index (κ2) is 7.24. The highest BCUT2D eigenvalue weighted by Gasteiger charge is 2.15. The lowest BCUT2D eigenvalue weighted by Crippen LogP contribution is -2.19. The lowest BCUT2D eigenvalue weighted by Gasteiger charge is -2.07. The molecule has 0 spiro atoms. The minimum Gasteiger partial charge on any atom is -0.200 e. The molecule has 2 aromatic rings. The van der Waals surface area contributed by atoms with Gasteiger partial charge in [-0.2, -0.15) is 13.5 Å². The molecule has 0 aliphatic rings. The van der Waals surface area contributed by atoms with Crippen molar-refractivity contribution in [2.75, 3.05) is 0 Å². The van der Waals surface area contributed by atoms with Gasteiger partial charge < -0.3 is 0 Å². The monoisotopic (exact) mass is 328 g/mol. The number of hydrazone groups is 1. The second-order valence-corrected chi connectivity index (χ2v) is 7.05. The minimum atomic E-state index is -3.66. The van der Waals surface area contributed by atoms with Crippen molar-refractivity contribution in [2.45, 2.75) is 25.7 Å². The normalized spacial score (nSPS) is 12.6. The molecule has 0 aliphatic heterocycles. The quantitative estimate of drug-likeness (QED) is 0.672. The van der Waals surface area contributed by atoms with E-state index in [0.717, 1.165) is 16.7 Å². The van der Waals surface area contributed by atoms with Crippen LogP contribution in [0.25, 0.3) is 6.08 Å². The van der Waals surface area contributed by atoms with Crippen molar-refractivity contribution in [3.63, 3.8) is 0 Å². The van der Waals surface area contributed by atoms with Crippen molar-refractivity contribution in [2.24, 2.45) is 5.10 Å². The second-order valence-electron chi connectivity index (χ2n) is 5.42. The smallest absolute Gasteiger partial charge is 0.200 e. The Bertz CT molecular complexity index is 839. The topological polar surface area (TPSA) is 58.5 Å². The largest absolute Gasteiger partial charge is 0.276 e. The van der Waals surface area contributed by atoms with E-state index in [2.05, 4.69) is 9.93 Å². The average molecular weight is 328 g/mol. The highest BCUT2D eigenvalue weighted by Crippen LogP contribution is 2.16. The predicted octanol–water partition coefficient (Wildman–Crippen LogP) is 3.67. The summed E-state index contributed by atoms with van der Waals surface area (Å²) >= 11 is 0. The summed E-state index contributed by atoms with van der Waals surface area (Å²) in [6.07, 6.45) is 3.42. The van der Waals surface area contributed by atoms with E-state index in [1.807, 2.05) is 56.3 Å². The molecule has 0 fully saturated rings. The minimum absolute atomic E-state index is 0.249. The highest BCUT2D eigenvalue weighted by atomic mass is 32.2. The van der Waals surface area contributed by atoms with E-state index in [1.54, 1.807) is 19.1 Å². The first-order chi connectivity index (χ1) is 10.9. The molecule has 2 aromatic carbocycles. The maximum atomic E-state index is 12.3. The van der Waals surface area contributed by atoms with E-state index in [4.69, 9.17) is 0 Å². The van der Waals surface area contributed by atoms with Gasteiger partial charge in [0.25, 0.3) is 10.0 Å². The molecule has 0 saturated carbocycles. The maximum Gasteiger partial charge on any atom is 0.276 e. The molecule has 0 radical (unpaired) electrons. The number of nitrogens with zero attached hydrogens (tertiary/aromatic N) is 1. The lowest BCUT2D eigenvalue weighted by molar-refractivity contribution is 0.584. The van der Waals surface area contributed by atoms with Crippen LogP contribution in [0.5, 0.6) is 0 Å². The number of hydrogen-bond donors (Lipinski definition) is 1. The van der Waals surface area contributed by atoms with Crippen molar-refractivity contribution < 1.29 is 8.42 Å². The van der Waals surface area contributed by atoms with Crippen LogP contribution < -0.4 is 4.83 Å². The highest BCUT2D eigenvalue weighted by molar-refractivity contribution is 7.89. The van der Waals surface area contributed by atoms with E-state index < -0.39 is 10.0 Å². The van der Waals surface area contributed by atoms with Gasteiger partial charge in [0.2, 0.25) is 0 Å². The Morgan fingerprint density at radius 2 is 1.78 bits per heavy atom. The van der Waals surface area contributed by atoms with Gasteiger partial charge in [0, 0.05) is 0 Å². The fourth-order valence-corrected chi connectivity index (χ4v) is 3.22. The molecule has 0 amide bonds. The van der Waals surface area contributed by atoms with Crippen LogP contribution in [0.15, 0.2) is 64.1 Å². The fourth-order valence-electron chi connectivity index (χ4n) is 2.09. The van der Waals surface area contributed by atoms with Gasteiger partial charge >= 0.3 is 0 Å². The Morgan fingerprint density at radius 3 is 2.48 bits per heavy atom. The van der Waals surface area contributed by atoms with Crippen molar-refractivity contribution in [1.82, 2.24) is 4.83 Å². The molecule has 0 bridgehead atoms. The number of benzene rings is 2. The third-order valence-electron chi connectivity index (χ3n) is 3.27. The third-order valence-corrected chi connectivity index (χ3v) is 4.63.